The van der Waals surface area contributed by atoms with E-state index in [9.17, 15) is 40.3 Å². The molecule has 2 N–H and O–H groups in total. The zero-order chi connectivity index (χ0) is 29.6. The molecular formula is C28H15ClF7N3O2. The summed E-state index contributed by atoms with van der Waals surface area (Å²) in [4.78, 5) is 29.8. The normalized spacial score (nSPS) is 14.7. The number of fused-ring (bicyclic) bond motifs is 1. The van der Waals surface area contributed by atoms with Crippen molar-refractivity contribution in [3.63, 3.8) is 0 Å². The van der Waals surface area contributed by atoms with Crippen molar-refractivity contribution >= 4 is 29.1 Å². The fourth-order valence-corrected chi connectivity index (χ4v) is 4.73. The minimum absolute atomic E-state index is 0.0474. The molecule has 0 spiro atoms. The zero-order valence-corrected chi connectivity index (χ0v) is 21.0. The fourth-order valence-electron chi connectivity index (χ4n) is 4.50. The number of amides is 2. The first-order chi connectivity index (χ1) is 19.3. The number of nitrogens with one attached hydrogen (secondary N) is 2. The second-order valence-corrected chi connectivity index (χ2v) is 9.42. The standard InChI is InChI=1S/C28H15ClF7N3O2/c29-20-2-1-16(30)11-18(20)24-23-19(27(41)39-24)7-13(12-3-4-37-22(8-12)25(32)33)9-21(23)38-26(40)14-5-15(28(34,35)36)10-17(31)6-14/h1-11,24-25H,(H,38,40)(H,39,41)/t24-/m0/s1. The monoisotopic (exact) mass is 593 g/mol. The summed E-state index contributed by atoms with van der Waals surface area (Å²) in [5, 5.41) is 5.08. The van der Waals surface area contributed by atoms with E-state index in [0.29, 0.717) is 12.1 Å². The number of alkyl halides is 5. The third kappa shape index (κ3) is 5.60. The number of nitrogens with zero attached hydrogens (tertiary/aromatic N) is 1. The average Bonchev–Trinajstić information content (AvgIpc) is 3.25. The lowest BCUT2D eigenvalue weighted by atomic mass is 9.92. The highest BCUT2D eigenvalue weighted by Crippen LogP contribution is 2.42. The Balaban J connectivity index is 1.67. The van der Waals surface area contributed by atoms with Crippen LogP contribution in [0.2, 0.25) is 5.02 Å². The van der Waals surface area contributed by atoms with Crippen molar-refractivity contribution in [2.24, 2.45) is 0 Å². The van der Waals surface area contributed by atoms with E-state index in [1.807, 2.05) is 0 Å². The van der Waals surface area contributed by atoms with Gasteiger partial charge in [0.15, 0.2) is 0 Å². The van der Waals surface area contributed by atoms with Crippen LogP contribution in [0.1, 0.15) is 55.6 Å². The molecule has 210 valence electrons. The van der Waals surface area contributed by atoms with Gasteiger partial charge in [0.2, 0.25) is 0 Å². The molecule has 0 saturated carbocycles. The molecule has 1 atom stereocenters. The Morgan fingerprint density at radius 1 is 0.951 bits per heavy atom. The second kappa shape index (κ2) is 10.5. The van der Waals surface area contributed by atoms with Crippen LogP contribution in [0.15, 0.2) is 66.9 Å². The van der Waals surface area contributed by atoms with Gasteiger partial charge in [0.25, 0.3) is 18.2 Å². The molecule has 5 rings (SSSR count). The van der Waals surface area contributed by atoms with E-state index < -0.39 is 58.9 Å². The van der Waals surface area contributed by atoms with Crippen molar-refractivity contribution in [1.82, 2.24) is 10.3 Å². The molecule has 0 fully saturated rings. The Morgan fingerprint density at radius 2 is 1.71 bits per heavy atom. The Bertz CT molecular complexity index is 1710. The van der Waals surface area contributed by atoms with Gasteiger partial charge in [0.1, 0.15) is 17.3 Å². The first-order valence-corrected chi connectivity index (χ1v) is 12.1. The van der Waals surface area contributed by atoms with Crippen molar-refractivity contribution in [2.75, 3.05) is 5.32 Å². The predicted octanol–water partition coefficient (Wildman–Crippen LogP) is 7.72. The molecule has 1 aliphatic heterocycles. The predicted molar refractivity (Wildman–Crippen MR) is 135 cm³/mol. The summed E-state index contributed by atoms with van der Waals surface area (Å²) in [6.45, 7) is 0. The minimum Gasteiger partial charge on any atom is -0.341 e. The van der Waals surface area contributed by atoms with Gasteiger partial charge in [-0.2, -0.15) is 13.2 Å². The molecule has 2 heterocycles. The van der Waals surface area contributed by atoms with Gasteiger partial charge in [-0.15, -0.1) is 0 Å². The molecule has 0 unspecified atom stereocenters. The summed E-state index contributed by atoms with van der Waals surface area (Å²) in [5.74, 6) is -3.86. The molecule has 4 aromatic rings. The van der Waals surface area contributed by atoms with E-state index in [4.69, 9.17) is 11.6 Å². The Morgan fingerprint density at radius 3 is 2.41 bits per heavy atom. The lowest BCUT2D eigenvalue weighted by molar-refractivity contribution is -0.137. The van der Waals surface area contributed by atoms with Crippen molar-refractivity contribution in [3.8, 4) is 11.1 Å². The van der Waals surface area contributed by atoms with Crippen LogP contribution < -0.4 is 10.6 Å². The van der Waals surface area contributed by atoms with E-state index >= 15 is 0 Å². The summed E-state index contributed by atoms with van der Waals surface area (Å²) in [7, 11) is 0. The third-order valence-electron chi connectivity index (χ3n) is 6.33. The molecule has 0 radical (unpaired) electrons. The van der Waals surface area contributed by atoms with E-state index in [-0.39, 0.29) is 44.6 Å². The van der Waals surface area contributed by atoms with Crippen molar-refractivity contribution < 1.29 is 40.3 Å². The Kier molecular flexibility index (Phi) is 7.20. The van der Waals surface area contributed by atoms with Crippen molar-refractivity contribution in [2.45, 2.75) is 18.6 Å². The lowest BCUT2D eigenvalue weighted by Gasteiger charge is -2.19. The van der Waals surface area contributed by atoms with Gasteiger partial charge < -0.3 is 10.6 Å². The van der Waals surface area contributed by atoms with Crippen LogP contribution in [0, 0.1) is 11.6 Å². The highest BCUT2D eigenvalue weighted by molar-refractivity contribution is 6.31. The van der Waals surface area contributed by atoms with E-state index in [0.717, 1.165) is 24.4 Å². The summed E-state index contributed by atoms with van der Waals surface area (Å²) < 4.78 is 94.5. The average molecular weight is 594 g/mol. The van der Waals surface area contributed by atoms with Gasteiger partial charge >= 0.3 is 6.18 Å². The van der Waals surface area contributed by atoms with E-state index in [2.05, 4.69) is 15.6 Å². The maximum atomic E-state index is 14.1. The highest BCUT2D eigenvalue weighted by atomic mass is 35.5. The number of rotatable bonds is 5. The number of benzene rings is 3. The third-order valence-corrected chi connectivity index (χ3v) is 6.68. The molecule has 1 aliphatic rings. The van der Waals surface area contributed by atoms with Crippen LogP contribution in [-0.4, -0.2) is 16.8 Å². The second-order valence-electron chi connectivity index (χ2n) is 9.01. The topological polar surface area (TPSA) is 71.1 Å². The van der Waals surface area contributed by atoms with Crippen LogP contribution >= 0.6 is 11.6 Å². The minimum atomic E-state index is -4.95. The maximum Gasteiger partial charge on any atom is 0.416 e. The SMILES string of the molecule is O=C(Nc1cc(-c2ccnc(C(F)F)c2)cc2c1[C@H](c1cc(F)ccc1Cl)NC2=O)c1cc(F)cc(C(F)(F)F)c1. The molecule has 2 amide bonds. The highest BCUT2D eigenvalue weighted by Gasteiger charge is 2.36. The van der Waals surface area contributed by atoms with Gasteiger partial charge in [0.05, 0.1) is 11.6 Å². The lowest BCUT2D eigenvalue weighted by Crippen LogP contribution is -2.21. The maximum absolute atomic E-state index is 14.1. The number of hydrogen-bond acceptors (Lipinski definition) is 3. The number of anilines is 1. The van der Waals surface area contributed by atoms with Gasteiger partial charge in [-0.1, -0.05) is 11.6 Å². The summed E-state index contributed by atoms with van der Waals surface area (Å²) in [5.41, 5.74) is -2.31. The largest absolute Gasteiger partial charge is 0.416 e. The number of carbonyl (C=O) groups is 2. The number of hydrogen-bond donors (Lipinski definition) is 2. The summed E-state index contributed by atoms with van der Waals surface area (Å²) >= 11 is 6.26. The first kappa shape index (κ1) is 28.1. The van der Waals surface area contributed by atoms with Crippen LogP contribution in [0.4, 0.5) is 36.4 Å². The first-order valence-electron chi connectivity index (χ1n) is 11.7. The molecular weight excluding hydrogens is 579 g/mol. The molecule has 0 aliphatic carbocycles. The molecule has 41 heavy (non-hydrogen) atoms. The van der Waals surface area contributed by atoms with E-state index in [1.54, 1.807) is 0 Å². The smallest absolute Gasteiger partial charge is 0.341 e. The number of carbonyl (C=O) groups excluding carboxylic acids is 2. The van der Waals surface area contributed by atoms with Gasteiger partial charge in [-0.25, -0.2) is 17.6 Å². The molecule has 0 bridgehead atoms. The van der Waals surface area contributed by atoms with Gasteiger partial charge in [-0.3, -0.25) is 14.6 Å². The molecule has 1 aromatic heterocycles. The van der Waals surface area contributed by atoms with Crippen LogP contribution in [-0.2, 0) is 6.18 Å². The van der Waals surface area contributed by atoms with Crippen molar-refractivity contribution in [3.05, 3.63) is 117 Å². The van der Waals surface area contributed by atoms with Crippen molar-refractivity contribution in [1.29, 1.82) is 0 Å². The van der Waals surface area contributed by atoms with Gasteiger partial charge in [0, 0.05) is 39.2 Å². The van der Waals surface area contributed by atoms with Gasteiger partial charge in [-0.05, 0) is 71.8 Å². The molecule has 0 saturated heterocycles. The Labute approximate surface area is 232 Å². The summed E-state index contributed by atoms with van der Waals surface area (Å²) in [6.07, 6.45) is -6.75. The van der Waals surface area contributed by atoms with E-state index in [1.165, 1.54) is 24.3 Å². The number of pyridine rings is 1. The quantitative estimate of drug-likeness (QED) is 0.233. The molecule has 13 heteroatoms. The number of halogens is 8. The van der Waals surface area contributed by atoms with Crippen LogP contribution in [0.25, 0.3) is 11.1 Å². The molecule has 5 nitrogen and oxygen atoms in total. The molecule has 3 aromatic carbocycles. The fraction of sp³-hybridized carbons (Fsp3) is 0.107. The Hall–Kier alpha value is -4.45. The van der Waals surface area contributed by atoms with Crippen LogP contribution in [0.3, 0.4) is 0 Å². The number of aromatic nitrogens is 1. The summed E-state index contributed by atoms with van der Waals surface area (Å²) in [6, 6.07) is 8.63. The van der Waals surface area contributed by atoms with Crippen LogP contribution in [0.5, 0.6) is 0 Å². The zero-order valence-electron chi connectivity index (χ0n) is 20.3.